The highest BCUT2D eigenvalue weighted by atomic mass is 32.2. The first-order chi connectivity index (χ1) is 11.4. The molecule has 2 aromatic rings. The Morgan fingerprint density at radius 3 is 2.62 bits per heavy atom. The van der Waals surface area contributed by atoms with Crippen LogP contribution in [-0.4, -0.2) is 21.1 Å². The van der Waals surface area contributed by atoms with Gasteiger partial charge in [-0.2, -0.15) is 0 Å². The van der Waals surface area contributed by atoms with Gasteiger partial charge in [0.1, 0.15) is 6.61 Å². The third-order valence-electron chi connectivity index (χ3n) is 4.03. The van der Waals surface area contributed by atoms with Crippen LogP contribution in [0.3, 0.4) is 0 Å². The Morgan fingerprint density at radius 1 is 1.25 bits per heavy atom. The molecule has 1 atom stereocenters. The molecule has 0 bridgehead atoms. The Hall–Kier alpha value is -2.38. The molecule has 0 radical (unpaired) electrons. The summed E-state index contributed by atoms with van der Waals surface area (Å²) < 4.78 is 28.4. The Balaban J connectivity index is 1.82. The number of fused-ring (bicyclic) bond motifs is 1. The van der Waals surface area contributed by atoms with E-state index in [2.05, 4.69) is 0 Å². The standard InChI is InChI=1S/C17H18N2O4S/c1-12-10-19(17(20)23-11-13-5-3-2-4-6-13)16-9-14(24(18,21)22)7-8-15(12)16/h2-9,12H,10-11H2,1H3,(H2,18,21,22). The highest BCUT2D eigenvalue weighted by Gasteiger charge is 2.32. The van der Waals surface area contributed by atoms with Gasteiger partial charge in [0, 0.05) is 12.5 Å². The normalized spacial score (nSPS) is 16.8. The minimum absolute atomic E-state index is 0.0174. The van der Waals surface area contributed by atoms with E-state index in [-0.39, 0.29) is 17.4 Å². The van der Waals surface area contributed by atoms with E-state index in [1.807, 2.05) is 37.3 Å². The van der Waals surface area contributed by atoms with E-state index < -0.39 is 16.1 Å². The Bertz CT molecular complexity index is 865. The van der Waals surface area contributed by atoms with E-state index in [9.17, 15) is 13.2 Å². The van der Waals surface area contributed by atoms with Crippen molar-refractivity contribution in [3.63, 3.8) is 0 Å². The van der Waals surface area contributed by atoms with Crippen molar-refractivity contribution in [3.8, 4) is 0 Å². The quantitative estimate of drug-likeness (QED) is 0.925. The van der Waals surface area contributed by atoms with Crippen LogP contribution in [0.5, 0.6) is 0 Å². The maximum atomic E-state index is 12.4. The highest BCUT2D eigenvalue weighted by Crippen LogP contribution is 2.37. The van der Waals surface area contributed by atoms with E-state index in [1.165, 1.54) is 17.0 Å². The van der Waals surface area contributed by atoms with Gasteiger partial charge in [-0.25, -0.2) is 18.4 Å². The number of sulfonamides is 1. The summed E-state index contributed by atoms with van der Waals surface area (Å²) in [6.45, 7) is 2.58. The lowest BCUT2D eigenvalue weighted by atomic mass is 10.0. The van der Waals surface area contributed by atoms with Crippen LogP contribution in [0, 0.1) is 0 Å². The molecule has 0 fully saturated rings. The summed E-state index contributed by atoms with van der Waals surface area (Å²) in [5, 5.41) is 5.18. The molecule has 2 aromatic carbocycles. The molecule has 6 nitrogen and oxygen atoms in total. The van der Waals surface area contributed by atoms with Gasteiger partial charge < -0.3 is 4.74 Å². The number of benzene rings is 2. The summed E-state index contributed by atoms with van der Waals surface area (Å²) in [6.07, 6.45) is -0.504. The molecule has 0 aliphatic carbocycles. The molecular weight excluding hydrogens is 328 g/mol. The van der Waals surface area contributed by atoms with Crippen LogP contribution >= 0.6 is 0 Å². The van der Waals surface area contributed by atoms with Crippen molar-refractivity contribution in [2.24, 2.45) is 5.14 Å². The molecule has 126 valence electrons. The lowest BCUT2D eigenvalue weighted by Gasteiger charge is -2.17. The number of nitrogens with two attached hydrogens (primary N) is 1. The van der Waals surface area contributed by atoms with Crippen LogP contribution in [-0.2, 0) is 21.4 Å². The number of amides is 1. The number of ether oxygens (including phenoxy) is 1. The molecular formula is C17H18N2O4S. The maximum Gasteiger partial charge on any atom is 0.414 e. The first-order valence-electron chi connectivity index (χ1n) is 7.51. The predicted molar refractivity (Wildman–Crippen MR) is 90.2 cm³/mol. The van der Waals surface area contributed by atoms with Crippen molar-refractivity contribution < 1.29 is 17.9 Å². The van der Waals surface area contributed by atoms with Crippen LogP contribution in [0.4, 0.5) is 10.5 Å². The summed E-state index contributed by atoms with van der Waals surface area (Å²) in [5.41, 5.74) is 2.32. The Kier molecular flexibility index (Phi) is 4.29. The molecule has 1 heterocycles. The summed E-state index contributed by atoms with van der Waals surface area (Å²) in [6, 6.07) is 14.0. The van der Waals surface area contributed by atoms with Gasteiger partial charge in [0.2, 0.25) is 10.0 Å². The molecule has 0 saturated carbocycles. The SMILES string of the molecule is CC1CN(C(=O)OCc2ccccc2)c2cc(S(N)(=O)=O)ccc21. The molecule has 1 amide bonds. The molecule has 2 N–H and O–H groups in total. The van der Waals surface area contributed by atoms with Crippen molar-refractivity contribution in [1.29, 1.82) is 0 Å². The fraction of sp³-hybridized carbons (Fsp3) is 0.235. The first-order valence-corrected chi connectivity index (χ1v) is 9.06. The first kappa shape index (κ1) is 16.5. The zero-order valence-corrected chi connectivity index (χ0v) is 14.0. The minimum Gasteiger partial charge on any atom is -0.444 e. The van der Waals surface area contributed by atoms with Crippen molar-refractivity contribution >= 4 is 21.8 Å². The molecule has 7 heteroatoms. The topological polar surface area (TPSA) is 89.7 Å². The van der Waals surface area contributed by atoms with Crippen molar-refractivity contribution in [1.82, 2.24) is 0 Å². The average molecular weight is 346 g/mol. The van der Waals surface area contributed by atoms with Crippen LogP contribution in [0.1, 0.15) is 24.0 Å². The number of nitrogens with zero attached hydrogens (tertiary/aromatic N) is 1. The summed E-state index contributed by atoms with van der Waals surface area (Å²) in [4.78, 5) is 13.8. The van der Waals surface area contributed by atoms with Crippen LogP contribution in [0.2, 0.25) is 0 Å². The molecule has 24 heavy (non-hydrogen) atoms. The second-order valence-electron chi connectivity index (χ2n) is 5.82. The molecule has 0 aromatic heterocycles. The summed E-state index contributed by atoms with van der Waals surface area (Å²) in [5.74, 6) is 0.0961. The van der Waals surface area contributed by atoms with E-state index >= 15 is 0 Å². The third-order valence-corrected chi connectivity index (χ3v) is 4.95. The van der Waals surface area contributed by atoms with Crippen molar-refractivity contribution in [2.75, 3.05) is 11.4 Å². The van der Waals surface area contributed by atoms with Gasteiger partial charge in [-0.3, -0.25) is 4.90 Å². The largest absolute Gasteiger partial charge is 0.444 e. The number of hydrogen-bond acceptors (Lipinski definition) is 4. The molecule has 3 rings (SSSR count). The van der Waals surface area contributed by atoms with Gasteiger partial charge in [0.05, 0.1) is 10.6 Å². The van der Waals surface area contributed by atoms with Crippen LogP contribution in [0.15, 0.2) is 53.4 Å². The fourth-order valence-electron chi connectivity index (χ4n) is 2.79. The summed E-state index contributed by atoms with van der Waals surface area (Å²) >= 11 is 0. The Labute approximate surface area is 140 Å². The van der Waals surface area contributed by atoms with E-state index in [0.29, 0.717) is 12.2 Å². The lowest BCUT2D eigenvalue weighted by molar-refractivity contribution is 0.147. The minimum atomic E-state index is -3.83. The number of primary sulfonamides is 1. The predicted octanol–water partition coefficient (Wildman–Crippen LogP) is 2.59. The van der Waals surface area contributed by atoms with Gasteiger partial charge >= 0.3 is 6.09 Å². The third kappa shape index (κ3) is 3.27. The van der Waals surface area contributed by atoms with Crippen LogP contribution in [0.25, 0.3) is 0 Å². The molecule has 1 aliphatic heterocycles. The van der Waals surface area contributed by atoms with Crippen molar-refractivity contribution in [2.45, 2.75) is 24.3 Å². The number of rotatable bonds is 3. The van der Waals surface area contributed by atoms with Crippen molar-refractivity contribution in [3.05, 3.63) is 59.7 Å². The van der Waals surface area contributed by atoms with Gasteiger partial charge in [-0.1, -0.05) is 43.3 Å². The lowest BCUT2D eigenvalue weighted by Crippen LogP contribution is -2.30. The second kappa shape index (κ2) is 6.26. The van der Waals surface area contributed by atoms with Gasteiger partial charge in [-0.15, -0.1) is 0 Å². The monoisotopic (exact) mass is 346 g/mol. The zero-order valence-electron chi connectivity index (χ0n) is 13.2. The van der Waals surface area contributed by atoms with E-state index in [1.54, 1.807) is 6.07 Å². The number of carbonyl (C=O) groups is 1. The Morgan fingerprint density at radius 2 is 1.96 bits per heavy atom. The van der Waals surface area contributed by atoms with Gasteiger partial charge in [-0.05, 0) is 23.3 Å². The number of carbonyl (C=O) groups excluding carboxylic acids is 1. The molecule has 0 saturated heterocycles. The summed E-state index contributed by atoms with van der Waals surface area (Å²) in [7, 11) is -3.83. The average Bonchev–Trinajstić information content (AvgIpc) is 2.89. The maximum absolute atomic E-state index is 12.4. The van der Waals surface area contributed by atoms with Crippen LogP contribution < -0.4 is 10.0 Å². The number of anilines is 1. The number of hydrogen-bond donors (Lipinski definition) is 1. The van der Waals surface area contributed by atoms with Gasteiger partial charge in [0.15, 0.2) is 0 Å². The smallest absolute Gasteiger partial charge is 0.414 e. The van der Waals surface area contributed by atoms with Gasteiger partial charge in [0.25, 0.3) is 0 Å². The second-order valence-corrected chi connectivity index (χ2v) is 7.38. The molecule has 1 unspecified atom stereocenters. The zero-order chi connectivity index (χ0) is 17.3. The highest BCUT2D eigenvalue weighted by molar-refractivity contribution is 7.89. The van der Waals surface area contributed by atoms with E-state index in [4.69, 9.17) is 9.88 Å². The molecule has 0 spiro atoms. The molecule has 1 aliphatic rings. The van der Waals surface area contributed by atoms with E-state index in [0.717, 1.165) is 11.1 Å². The fourth-order valence-corrected chi connectivity index (χ4v) is 3.33.